The van der Waals surface area contributed by atoms with Gasteiger partial charge in [-0.05, 0) is 56.9 Å². The maximum Gasteiger partial charge on any atom is 0.138 e. The van der Waals surface area contributed by atoms with Crippen LogP contribution in [0.4, 0.5) is 5.69 Å². The first-order valence-electron chi connectivity index (χ1n) is 6.59. The summed E-state index contributed by atoms with van der Waals surface area (Å²) in [6.07, 6.45) is 2.09. The summed E-state index contributed by atoms with van der Waals surface area (Å²) in [7, 11) is 2.01. The molecular weight excluding hydrogens is 234 g/mol. The molecule has 1 aliphatic rings. The first kappa shape index (κ1) is 13.5. The van der Waals surface area contributed by atoms with E-state index < -0.39 is 0 Å². The fraction of sp³-hybridized carbons (Fsp3) is 0.438. The summed E-state index contributed by atoms with van der Waals surface area (Å²) in [5.74, 6) is 0. The highest BCUT2D eigenvalue weighted by Gasteiger charge is 2.30. The van der Waals surface area contributed by atoms with Gasteiger partial charge in [0.2, 0.25) is 0 Å². The third-order valence-corrected chi connectivity index (χ3v) is 4.23. The van der Waals surface area contributed by atoms with Crippen molar-refractivity contribution in [1.82, 2.24) is 4.90 Å². The lowest BCUT2D eigenvalue weighted by Crippen LogP contribution is -2.36. The molecule has 3 nitrogen and oxygen atoms in total. The van der Waals surface area contributed by atoms with Crippen molar-refractivity contribution in [3.8, 4) is 6.07 Å². The summed E-state index contributed by atoms with van der Waals surface area (Å²) in [5.41, 5.74) is 6.96. The predicted octanol–water partition coefficient (Wildman–Crippen LogP) is 3.38. The van der Waals surface area contributed by atoms with E-state index >= 15 is 0 Å². The van der Waals surface area contributed by atoms with Crippen molar-refractivity contribution in [1.29, 1.82) is 5.26 Å². The number of allylic oxidation sites excluding steroid dienone is 1. The Morgan fingerprint density at radius 2 is 1.63 bits per heavy atom. The van der Waals surface area contributed by atoms with Gasteiger partial charge in [0.15, 0.2) is 0 Å². The summed E-state index contributed by atoms with van der Waals surface area (Å²) in [5, 5.41) is 9.37. The van der Waals surface area contributed by atoms with Crippen LogP contribution >= 0.6 is 0 Å². The Bertz CT molecular complexity index is 567. The molecule has 3 heteroatoms. The minimum absolute atomic E-state index is 0.174. The van der Waals surface area contributed by atoms with Gasteiger partial charge >= 0.3 is 0 Å². The quantitative estimate of drug-likeness (QED) is 0.770. The second kappa shape index (κ2) is 4.62. The van der Waals surface area contributed by atoms with E-state index in [0.29, 0.717) is 5.70 Å². The lowest BCUT2D eigenvalue weighted by atomic mass is 9.97. The Balaban J connectivity index is 2.66. The second-order valence-corrected chi connectivity index (χ2v) is 5.40. The minimum atomic E-state index is 0.174. The molecule has 1 aromatic rings. The number of nitrogens with zero attached hydrogens (tertiary/aromatic N) is 3. The standard InChI is InChI=1S/C16H21N3/c1-10-7-11(2)13(4)16(12(10)3)19-14(5)18(6)9-15(19)8-17/h7,9,14H,1-6H3/t14-/m0/s1. The van der Waals surface area contributed by atoms with Crippen LogP contribution in [0.3, 0.4) is 0 Å². The molecule has 100 valence electrons. The van der Waals surface area contributed by atoms with Gasteiger partial charge in [-0.15, -0.1) is 0 Å². The highest BCUT2D eigenvalue weighted by Crippen LogP contribution is 2.36. The Morgan fingerprint density at radius 3 is 2.11 bits per heavy atom. The summed E-state index contributed by atoms with van der Waals surface area (Å²) in [6, 6.07) is 4.53. The van der Waals surface area contributed by atoms with E-state index in [-0.39, 0.29) is 6.17 Å². The third kappa shape index (κ3) is 1.98. The largest absolute Gasteiger partial charge is 0.358 e. The van der Waals surface area contributed by atoms with Gasteiger partial charge in [0, 0.05) is 13.2 Å². The monoisotopic (exact) mass is 255 g/mol. The van der Waals surface area contributed by atoms with E-state index in [2.05, 4.69) is 56.6 Å². The molecule has 1 heterocycles. The van der Waals surface area contributed by atoms with Crippen molar-refractivity contribution in [3.63, 3.8) is 0 Å². The molecule has 0 N–H and O–H groups in total. The highest BCUT2D eigenvalue weighted by molar-refractivity contribution is 5.69. The molecule has 0 fully saturated rings. The van der Waals surface area contributed by atoms with Crippen LogP contribution in [-0.4, -0.2) is 18.1 Å². The van der Waals surface area contributed by atoms with E-state index in [9.17, 15) is 5.26 Å². The molecule has 0 unspecified atom stereocenters. The van der Waals surface area contributed by atoms with Crippen molar-refractivity contribution >= 4 is 5.69 Å². The fourth-order valence-corrected chi connectivity index (χ4v) is 2.69. The van der Waals surface area contributed by atoms with E-state index in [1.807, 2.05) is 13.2 Å². The zero-order valence-electron chi connectivity index (χ0n) is 12.6. The van der Waals surface area contributed by atoms with Crippen molar-refractivity contribution in [3.05, 3.63) is 40.2 Å². The maximum absolute atomic E-state index is 9.37. The minimum Gasteiger partial charge on any atom is -0.358 e. The third-order valence-electron chi connectivity index (χ3n) is 4.23. The van der Waals surface area contributed by atoms with Crippen molar-refractivity contribution in [2.24, 2.45) is 0 Å². The number of benzene rings is 1. The van der Waals surface area contributed by atoms with Crippen LogP contribution < -0.4 is 4.90 Å². The topological polar surface area (TPSA) is 30.3 Å². The number of nitriles is 1. The van der Waals surface area contributed by atoms with E-state index in [1.54, 1.807) is 0 Å². The molecule has 0 aromatic heterocycles. The predicted molar refractivity (Wildman–Crippen MR) is 78.8 cm³/mol. The van der Waals surface area contributed by atoms with Gasteiger partial charge in [0.25, 0.3) is 0 Å². The van der Waals surface area contributed by atoms with Gasteiger partial charge in [0.05, 0.1) is 5.69 Å². The smallest absolute Gasteiger partial charge is 0.138 e. The molecule has 1 aliphatic heterocycles. The maximum atomic E-state index is 9.37. The van der Waals surface area contributed by atoms with Crippen LogP contribution in [0.25, 0.3) is 0 Å². The fourth-order valence-electron chi connectivity index (χ4n) is 2.69. The Labute approximate surface area is 115 Å². The van der Waals surface area contributed by atoms with Crippen molar-refractivity contribution in [2.45, 2.75) is 40.8 Å². The lowest BCUT2D eigenvalue weighted by molar-refractivity contribution is 0.382. The second-order valence-electron chi connectivity index (χ2n) is 5.40. The highest BCUT2D eigenvalue weighted by atomic mass is 15.4. The van der Waals surface area contributed by atoms with Gasteiger partial charge in [-0.3, -0.25) is 0 Å². The first-order valence-corrected chi connectivity index (χ1v) is 6.59. The molecule has 1 atom stereocenters. The van der Waals surface area contributed by atoms with E-state index in [0.717, 1.165) is 0 Å². The van der Waals surface area contributed by atoms with Gasteiger partial charge in [0.1, 0.15) is 17.9 Å². The van der Waals surface area contributed by atoms with Gasteiger partial charge in [-0.1, -0.05) is 6.07 Å². The van der Waals surface area contributed by atoms with Gasteiger partial charge < -0.3 is 9.80 Å². The van der Waals surface area contributed by atoms with E-state index in [1.165, 1.54) is 27.9 Å². The zero-order valence-corrected chi connectivity index (χ0v) is 12.6. The molecule has 0 amide bonds. The van der Waals surface area contributed by atoms with Crippen LogP contribution in [0.2, 0.25) is 0 Å². The van der Waals surface area contributed by atoms with Gasteiger partial charge in [-0.25, -0.2) is 0 Å². The molecule has 0 saturated heterocycles. The molecule has 0 bridgehead atoms. The van der Waals surface area contributed by atoms with Crippen molar-refractivity contribution < 1.29 is 0 Å². The summed E-state index contributed by atoms with van der Waals surface area (Å²) >= 11 is 0. The average Bonchev–Trinajstić information content (AvgIpc) is 2.64. The molecule has 0 aliphatic carbocycles. The zero-order chi connectivity index (χ0) is 14.3. The Kier molecular flexibility index (Phi) is 3.28. The number of rotatable bonds is 1. The van der Waals surface area contributed by atoms with Gasteiger partial charge in [-0.2, -0.15) is 5.26 Å². The Hall–Kier alpha value is -1.95. The number of anilines is 1. The van der Waals surface area contributed by atoms with Crippen molar-refractivity contribution in [2.75, 3.05) is 11.9 Å². The molecular formula is C16H21N3. The average molecular weight is 255 g/mol. The number of hydrogen-bond acceptors (Lipinski definition) is 3. The first-order chi connectivity index (χ1) is 8.88. The molecule has 0 saturated carbocycles. The molecule has 19 heavy (non-hydrogen) atoms. The SMILES string of the molecule is Cc1cc(C)c(C)c(N2C(C#N)=CN(C)[C@@H]2C)c1C. The summed E-state index contributed by atoms with van der Waals surface area (Å²) in [4.78, 5) is 4.22. The number of hydrogen-bond donors (Lipinski definition) is 0. The summed E-state index contributed by atoms with van der Waals surface area (Å²) < 4.78 is 0. The lowest BCUT2D eigenvalue weighted by Gasteiger charge is -2.31. The van der Waals surface area contributed by atoms with Crippen LogP contribution in [0.5, 0.6) is 0 Å². The Morgan fingerprint density at radius 1 is 1.11 bits per heavy atom. The van der Waals surface area contributed by atoms with E-state index in [4.69, 9.17) is 0 Å². The van der Waals surface area contributed by atoms with Crippen LogP contribution in [-0.2, 0) is 0 Å². The molecule has 1 aromatic carbocycles. The van der Waals surface area contributed by atoms with Crippen LogP contribution in [0.15, 0.2) is 18.0 Å². The van der Waals surface area contributed by atoms with Crippen LogP contribution in [0.1, 0.15) is 29.2 Å². The number of aryl methyl sites for hydroxylation is 2. The summed E-state index contributed by atoms with van der Waals surface area (Å²) in [6.45, 7) is 10.7. The van der Waals surface area contributed by atoms with Crippen LogP contribution in [0, 0.1) is 39.0 Å². The molecule has 2 rings (SSSR count). The normalized spacial score (nSPS) is 18.6. The molecule has 0 spiro atoms. The molecule has 0 radical (unpaired) electrons.